The molecule has 2 rings (SSSR count). The smallest absolute Gasteiger partial charge is 0.164 e. The van der Waals surface area contributed by atoms with Crippen molar-refractivity contribution in [3.8, 4) is 11.5 Å². The topological polar surface area (TPSA) is 70.5 Å². The molecule has 0 saturated carbocycles. The van der Waals surface area contributed by atoms with Gasteiger partial charge in [-0.15, -0.1) is 0 Å². The van der Waals surface area contributed by atoms with Gasteiger partial charge >= 0.3 is 0 Å². The number of fused-ring (bicyclic) bond motifs is 1. The number of nitrogens with two attached hydrogens (primary N) is 2. The molecule has 0 amide bonds. The van der Waals surface area contributed by atoms with Crippen LogP contribution in [-0.2, 0) is 6.42 Å². The normalized spacial score (nSPS) is 12.2. The van der Waals surface area contributed by atoms with Crippen LogP contribution in [0.15, 0.2) is 12.1 Å². The van der Waals surface area contributed by atoms with Gasteiger partial charge in [0.1, 0.15) is 0 Å². The summed E-state index contributed by atoms with van der Waals surface area (Å²) in [5, 5.41) is 0. The second-order valence-corrected chi connectivity index (χ2v) is 3.60. The summed E-state index contributed by atoms with van der Waals surface area (Å²) in [6.45, 7) is 5.95. The van der Waals surface area contributed by atoms with Crippen molar-refractivity contribution in [2.24, 2.45) is 5.73 Å². The van der Waals surface area contributed by atoms with Gasteiger partial charge in [0.05, 0.1) is 13.2 Å². The lowest BCUT2D eigenvalue weighted by Gasteiger charge is -2.10. The summed E-state index contributed by atoms with van der Waals surface area (Å²) in [7, 11) is 0. The predicted octanol–water partition coefficient (Wildman–Crippen LogP) is 1.96. The van der Waals surface area contributed by atoms with Crippen LogP contribution in [0.25, 0.3) is 0 Å². The molecule has 1 aromatic rings. The molecule has 0 unspecified atom stereocenters. The third-order valence-corrected chi connectivity index (χ3v) is 2.38. The summed E-state index contributed by atoms with van der Waals surface area (Å²) in [5.41, 5.74) is 13.0. The van der Waals surface area contributed by atoms with Crippen LogP contribution < -0.4 is 20.9 Å². The van der Waals surface area contributed by atoms with E-state index in [1.54, 1.807) is 6.07 Å². The second-order valence-electron chi connectivity index (χ2n) is 3.60. The van der Waals surface area contributed by atoms with Crippen molar-refractivity contribution in [1.29, 1.82) is 0 Å². The maximum Gasteiger partial charge on any atom is 0.164 e. The molecule has 1 aliphatic heterocycles. The van der Waals surface area contributed by atoms with Crippen LogP contribution in [0, 0.1) is 0 Å². The van der Waals surface area contributed by atoms with E-state index in [0.29, 0.717) is 19.8 Å². The van der Waals surface area contributed by atoms with Crippen LogP contribution in [0.5, 0.6) is 11.5 Å². The van der Waals surface area contributed by atoms with Gasteiger partial charge in [0.25, 0.3) is 0 Å². The molecule has 0 bridgehead atoms. The van der Waals surface area contributed by atoms with E-state index in [4.69, 9.17) is 20.9 Å². The number of benzene rings is 1. The Balaban J connectivity index is 0.000000686. The average Bonchev–Trinajstić information content (AvgIpc) is 2.80. The second kappa shape index (κ2) is 7.01. The van der Waals surface area contributed by atoms with E-state index in [-0.39, 0.29) is 0 Å². The Hall–Kier alpha value is -1.42. The summed E-state index contributed by atoms with van der Waals surface area (Å²) >= 11 is 0. The molecule has 17 heavy (non-hydrogen) atoms. The molecule has 96 valence electrons. The zero-order valence-corrected chi connectivity index (χ0v) is 10.7. The molecule has 0 aromatic heterocycles. The average molecular weight is 238 g/mol. The fourth-order valence-electron chi connectivity index (χ4n) is 1.67. The summed E-state index contributed by atoms with van der Waals surface area (Å²) in [6, 6.07) is 3.75. The van der Waals surface area contributed by atoms with Crippen molar-refractivity contribution in [2.75, 3.05) is 25.5 Å². The molecule has 0 spiro atoms. The molecular weight excluding hydrogens is 216 g/mol. The Kier molecular flexibility index (Phi) is 5.63. The van der Waals surface area contributed by atoms with Crippen LogP contribution in [-0.4, -0.2) is 19.8 Å². The summed E-state index contributed by atoms with van der Waals surface area (Å²) < 4.78 is 11.1. The highest BCUT2D eigenvalue weighted by atomic mass is 16.5. The van der Waals surface area contributed by atoms with Crippen LogP contribution in [0.3, 0.4) is 0 Å². The predicted molar refractivity (Wildman–Crippen MR) is 70.6 cm³/mol. The molecule has 4 nitrogen and oxygen atoms in total. The van der Waals surface area contributed by atoms with Gasteiger partial charge < -0.3 is 20.9 Å². The minimum absolute atomic E-state index is 0.607. The summed E-state index contributed by atoms with van der Waals surface area (Å²) in [5.74, 6) is 1.59. The van der Waals surface area contributed by atoms with Gasteiger partial charge in [0.2, 0.25) is 0 Å². The maximum atomic E-state index is 5.78. The number of hydrogen-bond donors (Lipinski definition) is 2. The van der Waals surface area contributed by atoms with Crippen LogP contribution >= 0.6 is 0 Å². The van der Waals surface area contributed by atoms with Crippen LogP contribution in [0.4, 0.5) is 5.69 Å². The molecule has 4 heteroatoms. The largest absolute Gasteiger partial charge is 0.490 e. The van der Waals surface area contributed by atoms with Gasteiger partial charge in [0, 0.05) is 23.7 Å². The van der Waals surface area contributed by atoms with Crippen molar-refractivity contribution in [1.82, 2.24) is 0 Å². The van der Waals surface area contributed by atoms with Gasteiger partial charge in [-0.25, -0.2) is 0 Å². The lowest BCUT2D eigenvalue weighted by Crippen LogP contribution is -2.06. The van der Waals surface area contributed by atoms with Crippen LogP contribution in [0.1, 0.15) is 25.8 Å². The van der Waals surface area contributed by atoms with Crippen LogP contribution in [0.2, 0.25) is 0 Å². The fraction of sp³-hybridized carbons (Fsp3) is 0.538. The minimum Gasteiger partial charge on any atom is -0.490 e. The van der Waals surface area contributed by atoms with Crippen molar-refractivity contribution in [2.45, 2.75) is 26.7 Å². The van der Waals surface area contributed by atoms with E-state index in [1.807, 2.05) is 19.9 Å². The lowest BCUT2D eigenvalue weighted by molar-refractivity contribution is 0.283. The Bertz CT molecular complexity index is 354. The molecule has 0 aliphatic carbocycles. The molecule has 0 radical (unpaired) electrons. The summed E-state index contributed by atoms with van der Waals surface area (Å²) in [4.78, 5) is 0. The van der Waals surface area contributed by atoms with Gasteiger partial charge in [-0.2, -0.15) is 0 Å². The highest BCUT2D eigenvalue weighted by molar-refractivity contribution is 5.58. The Morgan fingerprint density at radius 2 is 2.12 bits per heavy atom. The zero-order chi connectivity index (χ0) is 12.7. The standard InChI is InChI=1S/C11H16N2O2.C2H6/c12-3-1-4-14-10-7-9(13)6-8-2-5-15-11(8)10;1-2/h6-7H,1-5,12-13H2;1-2H3. The molecule has 0 saturated heterocycles. The quantitative estimate of drug-likeness (QED) is 0.621. The molecule has 1 heterocycles. The first-order valence-corrected chi connectivity index (χ1v) is 6.19. The SMILES string of the molecule is CC.NCCCOc1cc(N)cc2c1OCC2. The Morgan fingerprint density at radius 1 is 1.35 bits per heavy atom. The number of anilines is 1. The van der Waals surface area contributed by atoms with E-state index in [2.05, 4.69) is 0 Å². The van der Waals surface area contributed by atoms with E-state index >= 15 is 0 Å². The first kappa shape index (κ1) is 13.6. The number of hydrogen-bond acceptors (Lipinski definition) is 4. The highest BCUT2D eigenvalue weighted by Gasteiger charge is 2.18. The first-order valence-electron chi connectivity index (χ1n) is 6.19. The van der Waals surface area contributed by atoms with Gasteiger partial charge in [-0.1, -0.05) is 13.8 Å². The van der Waals surface area contributed by atoms with Crippen molar-refractivity contribution >= 4 is 5.69 Å². The monoisotopic (exact) mass is 238 g/mol. The Morgan fingerprint density at radius 3 is 2.82 bits per heavy atom. The molecule has 1 aliphatic rings. The first-order chi connectivity index (χ1) is 8.31. The molecule has 0 atom stereocenters. The minimum atomic E-state index is 0.607. The number of rotatable bonds is 4. The fourth-order valence-corrected chi connectivity index (χ4v) is 1.67. The number of nitrogen functional groups attached to an aromatic ring is 1. The van der Waals surface area contributed by atoms with Gasteiger partial charge in [0.15, 0.2) is 11.5 Å². The molecule has 1 aromatic carbocycles. The molecule has 0 fully saturated rings. The Labute approximate surface area is 103 Å². The summed E-state index contributed by atoms with van der Waals surface area (Å²) in [6.07, 6.45) is 1.75. The number of ether oxygens (including phenoxy) is 2. The third kappa shape index (κ3) is 3.53. The van der Waals surface area contributed by atoms with Crippen molar-refractivity contribution < 1.29 is 9.47 Å². The highest BCUT2D eigenvalue weighted by Crippen LogP contribution is 2.37. The van der Waals surface area contributed by atoms with Crippen molar-refractivity contribution in [3.63, 3.8) is 0 Å². The van der Waals surface area contributed by atoms with E-state index in [1.165, 1.54) is 0 Å². The van der Waals surface area contributed by atoms with E-state index in [0.717, 1.165) is 35.6 Å². The van der Waals surface area contributed by atoms with E-state index in [9.17, 15) is 0 Å². The van der Waals surface area contributed by atoms with Gasteiger partial charge in [-0.05, 0) is 19.0 Å². The van der Waals surface area contributed by atoms with E-state index < -0.39 is 0 Å². The zero-order valence-electron chi connectivity index (χ0n) is 10.7. The maximum absolute atomic E-state index is 5.78. The molecule has 4 N–H and O–H groups in total. The third-order valence-electron chi connectivity index (χ3n) is 2.38. The van der Waals surface area contributed by atoms with Gasteiger partial charge in [-0.3, -0.25) is 0 Å². The molecular formula is C13H22N2O2. The lowest BCUT2D eigenvalue weighted by atomic mass is 10.1. The van der Waals surface area contributed by atoms with Crippen molar-refractivity contribution in [3.05, 3.63) is 17.7 Å².